The lowest BCUT2D eigenvalue weighted by molar-refractivity contribution is 0.554. The standard InChI is InChI=1S/C18H39OP/c1-4-7-8-9-10-11-12-13-14-15-18-20(19,16-5-2)17-6-3/h4-18H2,1-3H3. The Kier molecular flexibility index (Phi) is 14.3. The van der Waals surface area contributed by atoms with Gasteiger partial charge in [0.2, 0.25) is 0 Å². The van der Waals surface area contributed by atoms with Gasteiger partial charge in [0.15, 0.2) is 0 Å². The normalized spacial score (nSPS) is 11.9. The molecule has 0 aromatic heterocycles. The van der Waals surface area contributed by atoms with E-state index in [0.717, 1.165) is 31.3 Å². The average molecular weight is 302 g/mol. The van der Waals surface area contributed by atoms with Gasteiger partial charge in [-0.25, -0.2) is 0 Å². The Morgan fingerprint density at radius 1 is 0.500 bits per heavy atom. The van der Waals surface area contributed by atoms with Gasteiger partial charge < -0.3 is 4.57 Å². The first-order valence-electron chi connectivity index (χ1n) is 9.25. The van der Waals surface area contributed by atoms with Crippen molar-refractivity contribution in [3.63, 3.8) is 0 Å². The van der Waals surface area contributed by atoms with E-state index >= 15 is 0 Å². The molecule has 0 spiro atoms. The van der Waals surface area contributed by atoms with Crippen LogP contribution in [0, 0.1) is 0 Å². The molecule has 2 heteroatoms. The maximum absolute atomic E-state index is 12.6. The van der Waals surface area contributed by atoms with Gasteiger partial charge in [-0.1, -0.05) is 78.6 Å². The Labute approximate surface area is 128 Å². The van der Waals surface area contributed by atoms with Gasteiger partial charge in [0.1, 0.15) is 0 Å². The van der Waals surface area contributed by atoms with E-state index in [9.17, 15) is 4.57 Å². The van der Waals surface area contributed by atoms with Crippen molar-refractivity contribution in [2.75, 3.05) is 18.5 Å². The van der Waals surface area contributed by atoms with Crippen LogP contribution in [0.2, 0.25) is 0 Å². The summed E-state index contributed by atoms with van der Waals surface area (Å²) < 4.78 is 12.6. The molecule has 0 heterocycles. The highest BCUT2D eigenvalue weighted by Crippen LogP contribution is 2.47. The molecule has 0 bridgehead atoms. The molecule has 0 radical (unpaired) electrons. The fourth-order valence-electron chi connectivity index (χ4n) is 3.04. The van der Waals surface area contributed by atoms with Gasteiger partial charge in [-0.2, -0.15) is 0 Å². The molecule has 0 amide bonds. The minimum atomic E-state index is -1.79. The van der Waals surface area contributed by atoms with E-state index in [-0.39, 0.29) is 0 Å². The molecule has 0 rings (SSSR count). The Hall–Kier alpha value is 0.230. The Balaban J connectivity index is 3.43. The van der Waals surface area contributed by atoms with E-state index in [1.165, 1.54) is 64.2 Å². The number of hydrogen-bond donors (Lipinski definition) is 0. The van der Waals surface area contributed by atoms with Crippen LogP contribution in [0.3, 0.4) is 0 Å². The van der Waals surface area contributed by atoms with Crippen LogP contribution < -0.4 is 0 Å². The van der Waals surface area contributed by atoms with Crippen molar-refractivity contribution < 1.29 is 4.57 Å². The summed E-state index contributed by atoms with van der Waals surface area (Å²) in [4.78, 5) is 0. The largest absolute Gasteiger partial charge is 0.324 e. The van der Waals surface area contributed by atoms with Crippen LogP contribution in [0.15, 0.2) is 0 Å². The van der Waals surface area contributed by atoms with Gasteiger partial charge in [-0.3, -0.25) is 0 Å². The predicted octanol–water partition coefficient (Wildman–Crippen LogP) is 7.09. The monoisotopic (exact) mass is 302 g/mol. The predicted molar refractivity (Wildman–Crippen MR) is 94.6 cm³/mol. The Bertz CT molecular complexity index is 228. The third-order valence-corrected chi connectivity index (χ3v) is 7.84. The maximum atomic E-state index is 12.6. The molecule has 0 saturated carbocycles. The summed E-state index contributed by atoms with van der Waals surface area (Å²) in [7, 11) is -1.79. The van der Waals surface area contributed by atoms with E-state index in [2.05, 4.69) is 20.8 Å². The van der Waals surface area contributed by atoms with Crippen LogP contribution in [0.5, 0.6) is 0 Å². The molecule has 0 atom stereocenters. The molecule has 0 aliphatic heterocycles. The molecule has 0 N–H and O–H groups in total. The maximum Gasteiger partial charge on any atom is 0.0877 e. The average Bonchev–Trinajstić information content (AvgIpc) is 2.41. The zero-order valence-electron chi connectivity index (χ0n) is 14.5. The summed E-state index contributed by atoms with van der Waals surface area (Å²) in [6, 6.07) is 0. The summed E-state index contributed by atoms with van der Waals surface area (Å²) >= 11 is 0. The van der Waals surface area contributed by atoms with Gasteiger partial charge in [0.05, 0.1) is 7.14 Å². The van der Waals surface area contributed by atoms with Crippen LogP contribution in [0.1, 0.15) is 97.8 Å². The fraction of sp³-hybridized carbons (Fsp3) is 1.00. The Morgan fingerprint density at radius 2 is 0.900 bits per heavy atom. The number of rotatable bonds is 15. The van der Waals surface area contributed by atoms with Crippen LogP contribution in [0.4, 0.5) is 0 Å². The van der Waals surface area contributed by atoms with E-state index in [1.807, 2.05) is 0 Å². The van der Waals surface area contributed by atoms with E-state index < -0.39 is 7.14 Å². The summed E-state index contributed by atoms with van der Waals surface area (Å²) in [6.07, 6.45) is 18.8. The van der Waals surface area contributed by atoms with E-state index in [1.54, 1.807) is 0 Å². The topological polar surface area (TPSA) is 17.1 Å². The third kappa shape index (κ3) is 12.0. The van der Waals surface area contributed by atoms with Gasteiger partial charge in [-0.05, 0) is 19.3 Å². The molecule has 0 fully saturated rings. The van der Waals surface area contributed by atoms with Gasteiger partial charge in [0, 0.05) is 18.5 Å². The van der Waals surface area contributed by atoms with Crippen molar-refractivity contribution in [1.29, 1.82) is 0 Å². The first kappa shape index (κ1) is 20.2. The number of unbranched alkanes of at least 4 members (excludes halogenated alkanes) is 9. The molecule has 1 nitrogen and oxygen atoms in total. The van der Waals surface area contributed by atoms with Crippen LogP contribution in [0.25, 0.3) is 0 Å². The third-order valence-electron chi connectivity index (χ3n) is 4.18. The quantitative estimate of drug-likeness (QED) is 0.233. The van der Waals surface area contributed by atoms with Crippen LogP contribution in [-0.4, -0.2) is 18.5 Å². The molecule has 0 unspecified atom stereocenters. The first-order valence-corrected chi connectivity index (χ1v) is 11.5. The van der Waals surface area contributed by atoms with Crippen molar-refractivity contribution in [2.24, 2.45) is 0 Å². The van der Waals surface area contributed by atoms with Crippen LogP contribution in [-0.2, 0) is 4.57 Å². The van der Waals surface area contributed by atoms with Crippen molar-refractivity contribution >= 4 is 7.14 Å². The molecule has 122 valence electrons. The van der Waals surface area contributed by atoms with Crippen molar-refractivity contribution in [1.82, 2.24) is 0 Å². The molecule has 20 heavy (non-hydrogen) atoms. The van der Waals surface area contributed by atoms with E-state index in [4.69, 9.17) is 0 Å². The SMILES string of the molecule is CCCCCCCCCCCCP(=O)(CCC)CCC. The highest BCUT2D eigenvalue weighted by atomic mass is 31.2. The lowest BCUT2D eigenvalue weighted by atomic mass is 10.1. The minimum absolute atomic E-state index is 0.984. The Morgan fingerprint density at radius 3 is 1.30 bits per heavy atom. The highest BCUT2D eigenvalue weighted by Gasteiger charge is 2.18. The van der Waals surface area contributed by atoms with Gasteiger partial charge in [0.25, 0.3) is 0 Å². The smallest absolute Gasteiger partial charge is 0.0877 e. The zero-order chi connectivity index (χ0) is 15.1. The molecule has 0 saturated heterocycles. The molecule has 0 aliphatic carbocycles. The van der Waals surface area contributed by atoms with E-state index in [0.29, 0.717) is 0 Å². The minimum Gasteiger partial charge on any atom is -0.324 e. The second kappa shape index (κ2) is 14.2. The first-order chi connectivity index (χ1) is 9.68. The van der Waals surface area contributed by atoms with Crippen LogP contribution >= 0.6 is 7.14 Å². The second-order valence-electron chi connectivity index (χ2n) is 6.41. The number of hydrogen-bond acceptors (Lipinski definition) is 1. The summed E-state index contributed by atoms with van der Waals surface area (Å²) in [6.45, 7) is 6.61. The second-order valence-corrected chi connectivity index (χ2v) is 9.87. The molecule has 0 aromatic carbocycles. The van der Waals surface area contributed by atoms with Crippen molar-refractivity contribution in [3.05, 3.63) is 0 Å². The molecule has 0 aliphatic rings. The summed E-state index contributed by atoms with van der Waals surface area (Å²) in [5, 5.41) is 0. The lowest BCUT2D eigenvalue weighted by Gasteiger charge is -2.16. The van der Waals surface area contributed by atoms with Gasteiger partial charge in [-0.15, -0.1) is 0 Å². The van der Waals surface area contributed by atoms with Crippen molar-refractivity contribution in [3.8, 4) is 0 Å². The fourth-order valence-corrected chi connectivity index (χ4v) is 6.14. The lowest BCUT2D eigenvalue weighted by Crippen LogP contribution is -1.99. The highest BCUT2D eigenvalue weighted by molar-refractivity contribution is 7.63. The molecule has 0 aromatic rings. The summed E-state index contributed by atoms with van der Waals surface area (Å²) in [5.41, 5.74) is 0. The summed E-state index contributed by atoms with van der Waals surface area (Å²) in [5.74, 6) is 0. The van der Waals surface area contributed by atoms with Gasteiger partial charge >= 0.3 is 0 Å². The zero-order valence-corrected chi connectivity index (χ0v) is 15.4. The van der Waals surface area contributed by atoms with Crippen molar-refractivity contribution in [2.45, 2.75) is 97.8 Å². The molecular weight excluding hydrogens is 263 g/mol. The molecular formula is C18H39OP.